The van der Waals surface area contributed by atoms with Gasteiger partial charge in [-0.2, -0.15) is 0 Å². The summed E-state index contributed by atoms with van der Waals surface area (Å²) < 4.78 is 29.7. The molecular formula is C50H82N2O12. The second-order valence-corrected chi connectivity index (χ2v) is 19.6. The van der Waals surface area contributed by atoms with Gasteiger partial charge in [0.05, 0.1) is 36.9 Å². The van der Waals surface area contributed by atoms with Crippen LogP contribution >= 0.6 is 0 Å². The number of Topliss-reactive ketones (excluding diaryl/α,β-unsaturated/α-hetero) is 1. The van der Waals surface area contributed by atoms with Crippen molar-refractivity contribution in [1.29, 1.82) is 0 Å². The number of nitrogens with zero attached hydrogens (tertiary/aromatic N) is 1. The van der Waals surface area contributed by atoms with E-state index in [-0.39, 0.29) is 54.7 Å². The zero-order valence-corrected chi connectivity index (χ0v) is 40.1. The maximum Gasteiger partial charge on any atom is 0.329 e. The number of hydrogen-bond acceptors (Lipinski definition) is 13. The summed E-state index contributed by atoms with van der Waals surface area (Å²) in [7, 11) is 4.61. The normalized spacial score (nSPS) is 42.0. The Morgan fingerprint density at radius 3 is 2.27 bits per heavy atom. The number of ketones is 1. The minimum atomic E-state index is -1.76. The second kappa shape index (κ2) is 25.4. The van der Waals surface area contributed by atoms with Crippen LogP contribution in [0.25, 0.3) is 0 Å². The zero-order chi connectivity index (χ0) is 47.3. The molecule has 2 bridgehead atoms. The van der Waals surface area contributed by atoms with Crippen LogP contribution in [0.3, 0.4) is 0 Å². The highest BCUT2D eigenvalue weighted by Gasteiger charge is 2.46. The number of carbonyl (C=O) groups excluding carboxylic acids is 3. The van der Waals surface area contributed by atoms with Crippen LogP contribution in [0.5, 0.6) is 0 Å². The third kappa shape index (κ3) is 14.9. The number of fused-ring (bicyclic) bond motifs is 3. The average Bonchev–Trinajstić information content (AvgIpc) is 3.26. The average molecular weight is 903 g/mol. The van der Waals surface area contributed by atoms with E-state index in [0.29, 0.717) is 82.7 Å². The van der Waals surface area contributed by atoms with Crippen molar-refractivity contribution in [3.63, 3.8) is 0 Å². The topological polar surface area (TPSA) is 208 Å². The van der Waals surface area contributed by atoms with Crippen molar-refractivity contribution in [2.75, 3.05) is 27.9 Å². The van der Waals surface area contributed by atoms with Crippen molar-refractivity contribution < 1.29 is 58.5 Å². The molecule has 3 heterocycles. The van der Waals surface area contributed by atoms with E-state index < -0.39 is 72.1 Å². The standard InChI is InChI=1S/C50H82N2O12/c1-30-15-11-10-12-16-31(2)42(60-7)27-37-20-18-35(6)50(59,64-37)29-45(55)52-22-14-13-17-39(52)49(58)63-43(38(51)25-36-19-21-40(53)44(26-36)61-8)28-41(54)32(3)24-34(5)47(57)48(62-9)46(56)33(4)23-30/h10-12,15-16,24,30,32-33,35-44,47-48,53-54,57,59H,13-14,17-23,25-29,51H2,1-9H3/b12-10+,15-11+,31-16+,34-24+/t30-,32-,33-,35-,36+,37+,38-,39+,40-,41-,42+,43+,44-,47-,48+,50+/m1/s1. The number of esters is 1. The van der Waals surface area contributed by atoms with Gasteiger partial charge in [0.1, 0.15) is 24.4 Å². The van der Waals surface area contributed by atoms with Crippen LogP contribution in [0, 0.1) is 29.6 Å². The highest BCUT2D eigenvalue weighted by Crippen LogP contribution is 2.38. The predicted molar refractivity (Wildman–Crippen MR) is 245 cm³/mol. The molecule has 3 aliphatic heterocycles. The first kappa shape index (κ1) is 53.8. The fraction of sp³-hybridized carbons (Fsp3) is 0.780. The van der Waals surface area contributed by atoms with E-state index in [0.717, 1.165) is 5.57 Å². The third-order valence-corrected chi connectivity index (χ3v) is 14.5. The lowest BCUT2D eigenvalue weighted by Gasteiger charge is -2.44. The number of cyclic esters (lactones) is 1. The third-order valence-electron chi connectivity index (χ3n) is 14.5. The molecule has 16 atom stereocenters. The van der Waals surface area contributed by atoms with E-state index >= 15 is 0 Å². The van der Waals surface area contributed by atoms with Crippen LogP contribution in [0.1, 0.15) is 125 Å². The number of aliphatic hydroxyl groups is 4. The Hall–Kier alpha value is -2.79. The molecule has 0 aromatic carbocycles. The van der Waals surface area contributed by atoms with Gasteiger partial charge in [-0.25, -0.2) is 4.79 Å². The number of methoxy groups -OCH3 is 3. The smallest absolute Gasteiger partial charge is 0.329 e. The van der Waals surface area contributed by atoms with Gasteiger partial charge in [0.2, 0.25) is 5.91 Å². The van der Waals surface area contributed by atoms with Gasteiger partial charge >= 0.3 is 5.97 Å². The number of aliphatic hydroxyl groups excluding tert-OH is 3. The maximum absolute atomic E-state index is 14.3. The lowest BCUT2D eigenvalue weighted by atomic mass is 9.80. The molecule has 6 N–H and O–H groups in total. The minimum Gasteiger partial charge on any atom is -0.459 e. The Bertz CT molecular complexity index is 1630. The van der Waals surface area contributed by atoms with Gasteiger partial charge in [-0.3, -0.25) is 9.59 Å². The lowest BCUT2D eigenvalue weighted by Crippen LogP contribution is -2.55. The van der Waals surface area contributed by atoms with Gasteiger partial charge in [0, 0.05) is 64.5 Å². The molecule has 1 amide bonds. The van der Waals surface area contributed by atoms with E-state index in [4.69, 9.17) is 29.4 Å². The SMILES string of the molecule is CO[C@H]1C[C@@H]2CC[C@@H](C)[C@](O)(CC(=O)N3CCCC[C@H]3C(=O)O[C@H]([C@H](N)C[C@@H]3CC[C@@H](O)[C@H](OC)C3)C[C@@H](O)[C@H](C)/C=C(\C)[C@@H](O)[C@@H](OC)C(=O)[C@H](C)C[C@H](C)/C=C/C=C/C=C/1C)O2. The summed E-state index contributed by atoms with van der Waals surface area (Å²) in [5.41, 5.74) is 8.32. The van der Waals surface area contributed by atoms with Crippen LogP contribution in [0.15, 0.2) is 47.6 Å². The molecule has 2 saturated heterocycles. The molecule has 1 aliphatic carbocycles. The van der Waals surface area contributed by atoms with Crippen molar-refractivity contribution >= 4 is 17.7 Å². The highest BCUT2D eigenvalue weighted by molar-refractivity contribution is 5.86. The van der Waals surface area contributed by atoms with Gasteiger partial charge in [-0.15, -0.1) is 0 Å². The van der Waals surface area contributed by atoms with Gasteiger partial charge in [0.25, 0.3) is 0 Å². The molecule has 0 radical (unpaired) electrons. The Morgan fingerprint density at radius 2 is 1.58 bits per heavy atom. The summed E-state index contributed by atoms with van der Waals surface area (Å²) in [6, 6.07) is -1.63. The van der Waals surface area contributed by atoms with Gasteiger partial charge in [-0.1, -0.05) is 64.2 Å². The fourth-order valence-corrected chi connectivity index (χ4v) is 10.1. The number of hydrogen-bond donors (Lipinski definition) is 5. The molecule has 4 aliphatic rings. The van der Waals surface area contributed by atoms with E-state index in [1.165, 1.54) is 12.0 Å². The molecule has 14 heteroatoms. The number of allylic oxidation sites excluding steroid dienone is 5. The molecule has 1 saturated carbocycles. The molecule has 0 aromatic rings. The van der Waals surface area contributed by atoms with Crippen molar-refractivity contribution in [3.8, 4) is 0 Å². The summed E-state index contributed by atoms with van der Waals surface area (Å²) in [6.07, 6.45) is 11.4. The Morgan fingerprint density at radius 1 is 0.844 bits per heavy atom. The molecule has 14 nitrogen and oxygen atoms in total. The number of piperidine rings is 1. The molecule has 4 rings (SSSR count). The number of carbonyl (C=O) groups is 3. The monoisotopic (exact) mass is 903 g/mol. The fourth-order valence-electron chi connectivity index (χ4n) is 10.1. The molecular weight excluding hydrogens is 821 g/mol. The number of rotatable bonds is 6. The largest absolute Gasteiger partial charge is 0.459 e. The Labute approximate surface area is 382 Å². The summed E-state index contributed by atoms with van der Waals surface area (Å²) in [5.74, 6) is -4.22. The van der Waals surface area contributed by atoms with Crippen LogP contribution in [-0.2, 0) is 38.1 Å². The van der Waals surface area contributed by atoms with E-state index in [1.807, 2.05) is 58.1 Å². The molecule has 3 fully saturated rings. The number of ether oxygens (including phenoxy) is 5. The summed E-state index contributed by atoms with van der Waals surface area (Å²) in [6.45, 7) is 11.5. The van der Waals surface area contributed by atoms with Crippen molar-refractivity contribution in [2.45, 2.75) is 192 Å². The van der Waals surface area contributed by atoms with Crippen LogP contribution in [0.2, 0.25) is 0 Å². The van der Waals surface area contributed by atoms with Gasteiger partial charge < -0.3 is 54.7 Å². The predicted octanol–water partition coefficient (Wildman–Crippen LogP) is 5.48. The Kier molecular flexibility index (Phi) is 21.3. The second-order valence-electron chi connectivity index (χ2n) is 19.6. The lowest BCUT2D eigenvalue weighted by molar-refractivity contribution is -0.284. The molecule has 0 unspecified atom stereocenters. The van der Waals surface area contributed by atoms with Crippen molar-refractivity contribution in [3.05, 3.63) is 47.6 Å². The first-order valence-corrected chi connectivity index (χ1v) is 23.8. The molecule has 364 valence electrons. The quantitative estimate of drug-likeness (QED) is 0.166. The summed E-state index contributed by atoms with van der Waals surface area (Å²) >= 11 is 0. The number of amides is 1. The summed E-state index contributed by atoms with van der Waals surface area (Å²) in [4.78, 5) is 43.8. The van der Waals surface area contributed by atoms with Crippen molar-refractivity contribution in [1.82, 2.24) is 4.90 Å². The molecule has 0 aromatic heterocycles. The van der Waals surface area contributed by atoms with E-state index in [1.54, 1.807) is 34.1 Å². The minimum absolute atomic E-state index is 0.0362. The molecule has 64 heavy (non-hydrogen) atoms. The highest BCUT2D eigenvalue weighted by atomic mass is 16.6. The van der Waals surface area contributed by atoms with Crippen molar-refractivity contribution in [2.24, 2.45) is 35.3 Å². The Balaban J connectivity index is 1.67. The van der Waals surface area contributed by atoms with Crippen LogP contribution < -0.4 is 5.73 Å². The number of nitrogens with two attached hydrogens (primary N) is 1. The summed E-state index contributed by atoms with van der Waals surface area (Å²) in [5, 5.41) is 45.6. The van der Waals surface area contributed by atoms with Crippen LogP contribution in [-0.4, -0.2) is 138 Å². The van der Waals surface area contributed by atoms with Crippen LogP contribution in [0.4, 0.5) is 0 Å². The maximum atomic E-state index is 14.3. The first-order valence-electron chi connectivity index (χ1n) is 23.8. The van der Waals surface area contributed by atoms with Gasteiger partial charge in [0.15, 0.2) is 11.6 Å². The van der Waals surface area contributed by atoms with Gasteiger partial charge in [-0.05, 0) is 101 Å². The van der Waals surface area contributed by atoms with E-state index in [2.05, 4.69) is 0 Å². The first-order chi connectivity index (χ1) is 30.3. The van der Waals surface area contributed by atoms with E-state index in [9.17, 15) is 34.8 Å². The molecule has 0 spiro atoms. The zero-order valence-electron chi connectivity index (χ0n) is 40.1.